The first kappa shape index (κ1) is 25.7. The molecule has 0 aliphatic heterocycles. The molecular weight excluding hydrogens is 463 g/mol. The van der Waals surface area contributed by atoms with Gasteiger partial charge in [-0.05, 0) is 54.3 Å². The van der Waals surface area contributed by atoms with Crippen molar-refractivity contribution in [3.05, 3.63) is 144 Å². The Morgan fingerprint density at radius 2 is 1.16 bits per heavy atom. The van der Waals surface area contributed by atoms with Gasteiger partial charge in [0.15, 0.2) is 0 Å². The minimum Gasteiger partial charge on any atom is -0.358 e. The summed E-state index contributed by atoms with van der Waals surface area (Å²) in [7, 11) is 0. The van der Waals surface area contributed by atoms with Gasteiger partial charge in [-0.25, -0.2) is 4.98 Å². The number of aryl methyl sites for hydroxylation is 1. The second-order valence-corrected chi connectivity index (χ2v) is 7.39. The number of benzene rings is 3. The molecule has 0 N–H and O–H groups in total. The van der Waals surface area contributed by atoms with Crippen molar-refractivity contribution < 1.29 is 32.7 Å². The third-order valence-corrected chi connectivity index (χ3v) is 4.94. The molecule has 0 saturated heterocycles. The van der Waals surface area contributed by atoms with Crippen molar-refractivity contribution in [2.75, 3.05) is 0 Å². The SMILES string of the molecule is Cc1ccc(/C=C/c2cccc(/C=C/c3ccc(Cc4cc[c-]cc4)cc3)n2)cc1.[CH3-].[Y]. The molecule has 1 heterocycles. The predicted octanol–water partition coefficient (Wildman–Crippen LogP) is 7.57. The Kier molecular flexibility index (Phi) is 10.5. The van der Waals surface area contributed by atoms with Gasteiger partial charge in [0, 0.05) is 32.7 Å². The van der Waals surface area contributed by atoms with E-state index in [0.717, 1.165) is 17.8 Å². The first-order valence-corrected chi connectivity index (χ1v) is 10.2. The summed E-state index contributed by atoms with van der Waals surface area (Å²) in [6.45, 7) is 2.10. The second-order valence-electron chi connectivity index (χ2n) is 7.39. The van der Waals surface area contributed by atoms with Crippen LogP contribution in [0.2, 0.25) is 0 Å². The van der Waals surface area contributed by atoms with Crippen molar-refractivity contribution in [3.8, 4) is 0 Å². The van der Waals surface area contributed by atoms with Crippen LogP contribution in [0.4, 0.5) is 0 Å². The second kappa shape index (κ2) is 13.1. The number of hydrogen-bond acceptors (Lipinski definition) is 1. The summed E-state index contributed by atoms with van der Waals surface area (Å²) >= 11 is 0. The van der Waals surface area contributed by atoms with E-state index in [-0.39, 0.29) is 40.1 Å². The molecule has 157 valence electrons. The normalized spacial score (nSPS) is 10.7. The summed E-state index contributed by atoms with van der Waals surface area (Å²) < 4.78 is 0. The Hall–Kier alpha value is -2.61. The van der Waals surface area contributed by atoms with Gasteiger partial charge >= 0.3 is 0 Å². The molecule has 4 rings (SSSR count). The van der Waals surface area contributed by atoms with Gasteiger partial charge in [0.2, 0.25) is 0 Å². The van der Waals surface area contributed by atoms with Crippen LogP contribution >= 0.6 is 0 Å². The van der Waals surface area contributed by atoms with E-state index in [0.29, 0.717) is 0 Å². The maximum atomic E-state index is 4.72. The van der Waals surface area contributed by atoms with E-state index < -0.39 is 0 Å². The topological polar surface area (TPSA) is 12.9 Å². The predicted molar refractivity (Wildman–Crippen MR) is 134 cm³/mol. The van der Waals surface area contributed by atoms with E-state index >= 15 is 0 Å². The van der Waals surface area contributed by atoms with Crippen LogP contribution in [-0.2, 0) is 39.1 Å². The van der Waals surface area contributed by atoms with Crippen LogP contribution in [0.15, 0.2) is 91.0 Å². The van der Waals surface area contributed by atoms with Gasteiger partial charge in [-0.2, -0.15) is 35.9 Å². The molecule has 3 aromatic carbocycles. The monoisotopic (exact) mass is 490 g/mol. The van der Waals surface area contributed by atoms with E-state index in [4.69, 9.17) is 4.98 Å². The summed E-state index contributed by atoms with van der Waals surface area (Å²) in [5.74, 6) is 0. The fourth-order valence-electron chi connectivity index (χ4n) is 3.22. The molecule has 0 aliphatic rings. The van der Waals surface area contributed by atoms with Gasteiger partial charge < -0.3 is 7.43 Å². The summed E-state index contributed by atoms with van der Waals surface area (Å²) in [5, 5.41) is 0. The van der Waals surface area contributed by atoms with Gasteiger partial charge in [-0.3, -0.25) is 0 Å². The van der Waals surface area contributed by atoms with E-state index in [2.05, 4.69) is 98.0 Å². The molecule has 0 saturated carbocycles. The summed E-state index contributed by atoms with van der Waals surface area (Å²) in [5.41, 5.74) is 8.12. The minimum absolute atomic E-state index is 0. The summed E-state index contributed by atoms with van der Waals surface area (Å²) in [6.07, 6.45) is 9.26. The number of hydrogen-bond donors (Lipinski definition) is 0. The number of rotatable bonds is 6. The summed E-state index contributed by atoms with van der Waals surface area (Å²) in [4.78, 5) is 4.72. The van der Waals surface area contributed by atoms with Crippen molar-refractivity contribution >= 4 is 24.3 Å². The summed E-state index contributed by atoms with van der Waals surface area (Å²) in [6, 6.07) is 34.5. The Bertz CT molecular complexity index is 1140. The fourth-order valence-corrected chi connectivity index (χ4v) is 3.22. The third kappa shape index (κ3) is 7.82. The molecule has 2 heteroatoms. The van der Waals surface area contributed by atoms with E-state index in [1.54, 1.807) is 0 Å². The zero-order valence-electron chi connectivity index (χ0n) is 18.7. The Morgan fingerprint density at radius 1 is 0.656 bits per heavy atom. The van der Waals surface area contributed by atoms with Crippen LogP contribution in [0, 0.1) is 20.4 Å². The Morgan fingerprint density at radius 3 is 1.72 bits per heavy atom. The van der Waals surface area contributed by atoms with Gasteiger partial charge in [-0.1, -0.05) is 72.3 Å². The molecule has 0 amide bonds. The van der Waals surface area contributed by atoms with E-state index in [1.807, 2.05) is 30.3 Å². The third-order valence-electron chi connectivity index (χ3n) is 4.94. The smallest absolute Gasteiger partial charge is 0.0637 e. The number of pyridine rings is 1. The molecule has 0 spiro atoms. The standard InChI is InChI=1S/C29H24N.CH3.Y/c1-23-10-12-24(13-11-23)18-20-28-8-5-9-29(30-28)21-19-25-14-16-27(17-15-25)22-26-6-3-2-4-7-26;;/h3-21H,22H2,1H3;1H3;/q2*-1;/b20-18+,21-19+;;. The van der Waals surface area contributed by atoms with Crippen LogP contribution in [0.25, 0.3) is 24.3 Å². The van der Waals surface area contributed by atoms with Gasteiger partial charge in [0.1, 0.15) is 0 Å². The molecule has 1 aromatic heterocycles. The van der Waals surface area contributed by atoms with Crippen LogP contribution in [0.1, 0.15) is 39.2 Å². The van der Waals surface area contributed by atoms with Crippen molar-refractivity contribution in [2.45, 2.75) is 13.3 Å². The molecule has 1 nitrogen and oxygen atoms in total. The van der Waals surface area contributed by atoms with Crippen LogP contribution in [-0.4, -0.2) is 4.98 Å². The maximum Gasteiger partial charge on any atom is 0.0637 e. The molecule has 4 aromatic rings. The molecular formula is C30H27NY-2. The van der Waals surface area contributed by atoms with E-state index in [9.17, 15) is 0 Å². The quantitative estimate of drug-likeness (QED) is 0.254. The first-order chi connectivity index (χ1) is 14.7. The molecule has 1 radical (unpaired) electrons. The van der Waals surface area contributed by atoms with Gasteiger partial charge in [0.05, 0.1) is 11.4 Å². The average molecular weight is 490 g/mol. The fraction of sp³-hybridized carbons (Fsp3) is 0.0667. The van der Waals surface area contributed by atoms with Crippen molar-refractivity contribution in [2.24, 2.45) is 0 Å². The molecule has 32 heavy (non-hydrogen) atoms. The first-order valence-electron chi connectivity index (χ1n) is 10.2. The van der Waals surface area contributed by atoms with Gasteiger partial charge in [-0.15, -0.1) is 0 Å². The molecule has 0 bridgehead atoms. The Balaban J connectivity index is 0.00000181. The minimum atomic E-state index is 0. The maximum absolute atomic E-state index is 4.72. The van der Waals surface area contributed by atoms with Crippen LogP contribution < -0.4 is 0 Å². The van der Waals surface area contributed by atoms with Crippen LogP contribution in [0.5, 0.6) is 0 Å². The molecule has 0 aliphatic carbocycles. The van der Waals surface area contributed by atoms with Crippen molar-refractivity contribution in [1.82, 2.24) is 4.98 Å². The largest absolute Gasteiger partial charge is 0.358 e. The van der Waals surface area contributed by atoms with E-state index in [1.165, 1.54) is 27.8 Å². The number of nitrogens with zero attached hydrogens (tertiary/aromatic N) is 1. The van der Waals surface area contributed by atoms with Crippen LogP contribution in [0.3, 0.4) is 0 Å². The Labute approximate surface area is 217 Å². The zero-order chi connectivity index (χ0) is 20.6. The molecule has 0 fully saturated rings. The molecule has 0 unspecified atom stereocenters. The molecule has 0 atom stereocenters. The van der Waals surface area contributed by atoms with Crippen molar-refractivity contribution in [1.29, 1.82) is 0 Å². The zero-order valence-corrected chi connectivity index (χ0v) is 21.5. The average Bonchev–Trinajstić information content (AvgIpc) is 2.79. The van der Waals surface area contributed by atoms with Gasteiger partial charge in [0.25, 0.3) is 0 Å². The van der Waals surface area contributed by atoms with Crippen molar-refractivity contribution in [3.63, 3.8) is 0 Å². The number of aromatic nitrogens is 1.